The Morgan fingerprint density at radius 2 is 2.24 bits per heavy atom. The van der Waals surface area contributed by atoms with E-state index in [1.54, 1.807) is 23.3 Å². The second-order valence-corrected chi connectivity index (χ2v) is 5.35. The van der Waals surface area contributed by atoms with Crippen LogP contribution in [0.2, 0.25) is 0 Å². The zero-order chi connectivity index (χ0) is 13.0. The van der Waals surface area contributed by atoms with Gasteiger partial charge in [0.25, 0.3) is 5.91 Å². The normalized spacial score (nSPS) is 14.4. The number of amides is 1. The molecule has 2 unspecified atom stereocenters. The van der Waals surface area contributed by atoms with Crippen molar-refractivity contribution in [3.63, 3.8) is 0 Å². The maximum atomic E-state index is 12.1. The molecule has 0 bridgehead atoms. The third-order valence-corrected chi connectivity index (χ3v) is 4.05. The number of hydrogen-bond donors (Lipinski definition) is 1. The van der Waals surface area contributed by atoms with Crippen LogP contribution in [0.15, 0.2) is 12.1 Å². The fourth-order valence-electron chi connectivity index (χ4n) is 1.58. The van der Waals surface area contributed by atoms with Crippen molar-refractivity contribution in [2.75, 3.05) is 20.7 Å². The highest BCUT2D eigenvalue weighted by atomic mass is 32.1. The van der Waals surface area contributed by atoms with E-state index in [0.717, 1.165) is 0 Å². The molecule has 0 fully saturated rings. The van der Waals surface area contributed by atoms with Gasteiger partial charge < -0.3 is 15.4 Å². The third-order valence-electron chi connectivity index (χ3n) is 2.88. The first kappa shape index (κ1) is 14.2. The van der Waals surface area contributed by atoms with Crippen LogP contribution in [0, 0.1) is 6.92 Å². The minimum absolute atomic E-state index is 0.0467. The topological polar surface area (TPSA) is 55.6 Å². The highest BCUT2D eigenvalue weighted by molar-refractivity contribution is 7.12. The number of carbonyl (C=O) groups is 1. The van der Waals surface area contributed by atoms with Gasteiger partial charge >= 0.3 is 0 Å². The summed E-state index contributed by atoms with van der Waals surface area (Å²) in [5.41, 5.74) is 5.50. The molecule has 1 amide bonds. The average Bonchev–Trinajstić information content (AvgIpc) is 2.75. The Morgan fingerprint density at radius 3 is 2.65 bits per heavy atom. The predicted octanol–water partition coefficient (Wildman–Crippen LogP) is 1.55. The molecule has 5 heteroatoms. The van der Waals surface area contributed by atoms with E-state index in [2.05, 4.69) is 19.1 Å². The average molecular weight is 256 g/mol. The summed E-state index contributed by atoms with van der Waals surface area (Å²) in [7, 11) is 3.28. The number of nitrogens with zero attached hydrogens (tertiary/aromatic N) is 1. The molecule has 2 N–H and O–H groups in total. The molecule has 0 spiro atoms. The standard InChI is InChI=1S/C12H20N2O2S/c1-8-5-6-11(17-8)9(2)14(3)12(15)10(7-13)16-4/h5-6,9-10H,7,13H2,1-4H3. The molecule has 1 rings (SSSR count). The van der Waals surface area contributed by atoms with Crippen molar-refractivity contribution in [1.82, 2.24) is 4.90 Å². The Morgan fingerprint density at radius 1 is 1.59 bits per heavy atom. The van der Waals surface area contributed by atoms with Crippen LogP contribution >= 0.6 is 11.3 Å². The van der Waals surface area contributed by atoms with E-state index in [1.807, 2.05) is 6.92 Å². The van der Waals surface area contributed by atoms with Gasteiger partial charge in [0.15, 0.2) is 0 Å². The fraction of sp³-hybridized carbons (Fsp3) is 0.583. The van der Waals surface area contributed by atoms with Crippen LogP contribution in [0.3, 0.4) is 0 Å². The van der Waals surface area contributed by atoms with Crippen LogP contribution in [0.1, 0.15) is 22.7 Å². The molecular formula is C12H20N2O2S. The summed E-state index contributed by atoms with van der Waals surface area (Å²) in [6.45, 7) is 4.27. The molecule has 0 saturated heterocycles. The van der Waals surface area contributed by atoms with Crippen LogP contribution < -0.4 is 5.73 Å². The monoisotopic (exact) mass is 256 g/mol. The molecule has 0 radical (unpaired) electrons. The number of ether oxygens (including phenoxy) is 1. The van der Waals surface area contributed by atoms with E-state index >= 15 is 0 Å². The maximum absolute atomic E-state index is 12.1. The predicted molar refractivity (Wildman–Crippen MR) is 70.1 cm³/mol. The number of carbonyl (C=O) groups excluding carboxylic acids is 1. The number of thiophene rings is 1. The van der Waals surface area contributed by atoms with Gasteiger partial charge in [0.1, 0.15) is 6.10 Å². The third kappa shape index (κ3) is 3.28. The van der Waals surface area contributed by atoms with E-state index in [-0.39, 0.29) is 18.5 Å². The van der Waals surface area contributed by atoms with Gasteiger partial charge in [0.2, 0.25) is 0 Å². The smallest absolute Gasteiger partial charge is 0.253 e. The van der Waals surface area contributed by atoms with Gasteiger partial charge in [-0.05, 0) is 26.0 Å². The lowest BCUT2D eigenvalue weighted by Crippen LogP contribution is -2.42. The Balaban J connectivity index is 2.75. The lowest BCUT2D eigenvalue weighted by Gasteiger charge is -2.27. The van der Waals surface area contributed by atoms with Crippen LogP contribution in [0.5, 0.6) is 0 Å². The van der Waals surface area contributed by atoms with Gasteiger partial charge in [-0.25, -0.2) is 0 Å². The molecule has 1 aromatic heterocycles. The second-order valence-electron chi connectivity index (χ2n) is 4.03. The summed E-state index contributed by atoms with van der Waals surface area (Å²) in [6.07, 6.45) is -0.552. The van der Waals surface area contributed by atoms with Crippen LogP contribution in [0.25, 0.3) is 0 Å². The van der Waals surface area contributed by atoms with Gasteiger partial charge in [-0.1, -0.05) is 0 Å². The van der Waals surface area contributed by atoms with Crippen molar-refractivity contribution in [1.29, 1.82) is 0 Å². The van der Waals surface area contributed by atoms with Crippen LogP contribution in [0.4, 0.5) is 0 Å². The minimum atomic E-state index is -0.552. The van der Waals surface area contributed by atoms with Crippen molar-refractivity contribution in [2.45, 2.75) is 26.0 Å². The summed E-state index contributed by atoms with van der Waals surface area (Å²) in [5.74, 6) is -0.0754. The number of aryl methyl sites for hydroxylation is 1. The summed E-state index contributed by atoms with van der Waals surface area (Å²) in [5, 5.41) is 0. The summed E-state index contributed by atoms with van der Waals surface area (Å²) in [6, 6.07) is 4.16. The SMILES string of the molecule is COC(CN)C(=O)N(C)C(C)c1ccc(C)s1. The zero-order valence-electron chi connectivity index (χ0n) is 10.8. The molecule has 1 aromatic rings. The first-order valence-corrected chi connectivity index (χ1v) is 6.38. The Kier molecular flexibility index (Phi) is 5.11. The molecule has 0 aliphatic heterocycles. The number of hydrogen-bond acceptors (Lipinski definition) is 4. The summed E-state index contributed by atoms with van der Waals surface area (Å²) in [4.78, 5) is 16.2. The molecule has 0 aliphatic carbocycles. The Bertz CT molecular complexity index is 374. The van der Waals surface area contributed by atoms with Gasteiger partial charge in [-0.15, -0.1) is 11.3 Å². The van der Waals surface area contributed by atoms with E-state index in [0.29, 0.717) is 0 Å². The van der Waals surface area contributed by atoms with Gasteiger partial charge in [0, 0.05) is 30.5 Å². The molecular weight excluding hydrogens is 236 g/mol. The van der Waals surface area contributed by atoms with E-state index < -0.39 is 6.10 Å². The second kappa shape index (κ2) is 6.14. The fourth-order valence-corrected chi connectivity index (χ4v) is 2.56. The minimum Gasteiger partial charge on any atom is -0.370 e. The molecule has 0 saturated carbocycles. The lowest BCUT2D eigenvalue weighted by molar-refractivity contribution is -0.141. The largest absolute Gasteiger partial charge is 0.370 e. The van der Waals surface area contributed by atoms with Crippen molar-refractivity contribution >= 4 is 17.2 Å². The first-order chi connectivity index (χ1) is 8.01. The van der Waals surface area contributed by atoms with E-state index in [9.17, 15) is 4.79 Å². The van der Waals surface area contributed by atoms with Crippen LogP contribution in [-0.2, 0) is 9.53 Å². The van der Waals surface area contributed by atoms with Crippen LogP contribution in [-0.4, -0.2) is 37.6 Å². The molecule has 17 heavy (non-hydrogen) atoms. The van der Waals surface area contributed by atoms with E-state index in [1.165, 1.54) is 16.9 Å². The molecule has 96 valence electrons. The Hall–Kier alpha value is -0.910. The van der Waals surface area contributed by atoms with E-state index in [4.69, 9.17) is 10.5 Å². The zero-order valence-corrected chi connectivity index (χ0v) is 11.6. The number of methoxy groups -OCH3 is 1. The highest BCUT2D eigenvalue weighted by Crippen LogP contribution is 2.26. The lowest BCUT2D eigenvalue weighted by atomic mass is 10.2. The van der Waals surface area contributed by atoms with Crippen molar-refractivity contribution in [3.05, 3.63) is 21.9 Å². The summed E-state index contributed by atoms with van der Waals surface area (Å²) >= 11 is 1.70. The summed E-state index contributed by atoms with van der Waals surface area (Å²) < 4.78 is 5.06. The van der Waals surface area contributed by atoms with Gasteiger partial charge in [-0.2, -0.15) is 0 Å². The van der Waals surface area contributed by atoms with Gasteiger partial charge in [0.05, 0.1) is 6.04 Å². The highest BCUT2D eigenvalue weighted by Gasteiger charge is 2.25. The number of nitrogens with two attached hydrogens (primary N) is 1. The van der Waals surface area contributed by atoms with Crippen molar-refractivity contribution in [2.24, 2.45) is 5.73 Å². The van der Waals surface area contributed by atoms with Crippen molar-refractivity contribution < 1.29 is 9.53 Å². The number of rotatable bonds is 5. The van der Waals surface area contributed by atoms with Crippen molar-refractivity contribution in [3.8, 4) is 0 Å². The molecule has 1 heterocycles. The maximum Gasteiger partial charge on any atom is 0.253 e. The molecule has 0 aliphatic rings. The first-order valence-electron chi connectivity index (χ1n) is 5.57. The molecule has 0 aromatic carbocycles. The quantitative estimate of drug-likeness (QED) is 0.869. The molecule has 4 nitrogen and oxygen atoms in total. The van der Waals surface area contributed by atoms with Gasteiger partial charge in [-0.3, -0.25) is 4.79 Å². The molecule has 2 atom stereocenters. The number of likely N-dealkylation sites (N-methyl/N-ethyl adjacent to an activating group) is 1. The Labute approximate surface area is 106 Å².